The zero-order valence-corrected chi connectivity index (χ0v) is 11.1. The third-order valence-corrected chi connectivity index (χ3v) is 2.69. The number of carbonyl (C=O) groups is 2. The molecule has 1 aromatic rings. The molecule has 19 heavy (non-hydrogen) atoms. The topological polar surface area (TPSA) is 69.4 Å². The van der Waals surface area contributed by atoms with E-state index in [1.807, 2.05) is 6.92 Å². The van der Waals surface area contributed by atoms with Gasteiger partial charge in [0.25, 0.3) is 0 Å². The lowest BCUT2D eigenvalue weighted by atomic mass is 10.0. The number of hydrogen-bond donors (Lipinski definition) is 1. The Kier molecular flexibility index (Phi) is 5.79. The van der Waals surface area contributed by atoms with Crippen molar-refractivity contribution in [3.63, 3.8) is 0 Å². The van der Waals surface area contributed by atoms with E-state index in [0.717, 1.165) is 18.4 Å². The molecule has 1 amide bonds. The molecule has 4 nitrogen and oxygen atoms in total. The molecule has 0 aliphatic heterocycles. The Morgan fingerprint density at radius 2 is 1.89 bits per heavy atom. The van der Waals surface area contributed by atoms with Crippen molar-refractivity contribution in [2.75, 3.05) is 6.61 Å². The Balaban J connectivity index is 2.58. The molecule has 0 saturated carbocycles. The van der Waals surface area contributed by atoms with Crippen LogP contribution in [0.3, 0.4) is 0 Å². The molecule has 0 unspecified atom stereocenters. The molecule has 0 aromatic heterocycles. The van der Waals surface area contributed by atoms with Gasteiger partial charge >= 0.3 is 5.97 Å². The van der Waals surface area contributed by atoms with Gasteiger partial charge in [0, 0.05) is 12.0 Å². The molecule has 0 saturated heterocycles. The van der Waals surface area contributed by atoms with Gasteiger partial charge in [0.1, 0.15) is 0 Å². The van der Waals surface area contributed by atoms with Gasteiger partial charge in [0.15, 0.2) is 0 Å². The summed E-state index contributed by atoms with van der Waals surface area (Å²) in [6.07, 6.45) is 2.24. The highest BCUT2D eigenvalue weighted by Gasteiger charge is 2.08. The van der Waals surface area contributed by atoms with Crippen LogP contribution in [0.15, 0.2) is 36.4 Å². The van der Waals surface area contributed by atoms with Crippen LogP contribution in [-0.2, 0) is 16.0 Å². The SMILES string of the molecule is C=C(Cc1ccc(C(=O)OCCCC)cc1)C(N)=O. The molecule has 1 aromatic carbocycles. The maximum atomic E-state index is 11.6. The van der Waals surface area contributed by atoms with Crippen molar-refractivity contribution in [2.45, 2.75) is 26.2 Å². The number of rotatable bonds is 7. The van der Waals surface area contributed by atoms with Crippen molar-refractivity contribution in [2.24, 2.45) is 5.73 Å². The molecule has 0 aliphatic rings. The van der Waals surface area contributed by atoms with Crippen LogP contribution >= 0.6 is 0 Å². The summed E-state index contributed by atoms with van der Waals surface area (Å²) < 4.78 is 5.10. The number of nitrogens with two attached hydrogens (primary N) is 1. The Morgan fingerprint density at radius 1 is 1.26 bits per heavy atom. The number of unbranched alkanes of at least 4 members (excludes halogenated alkanes) is 1. The van der Waals surface area contributed by atoms with Crippen LogP contribution in [0.4, 0.5) is 0 Å². The molecule has 2 N–H and O–H groups in total. The first kappa shape index (κ1) is 15.0. The first-order chi connectivity index (χ1) is 9.04. The van der Waals surface area contributed by atoms with Crippen molar-refractivity contribution in [3.8, 4) is 0 Å². The van der Waals surface area contributed by atoms with Crippen LogP contribution in [-0.4, -0.2) is 18.5 Å². The lowest BCUT2D eigenvalue weighted by Crippen LogP contribution is -2.14. The number of benzene rings is 1. The van der Waals surface area contributed by atoms with Crippen LogP contribution in [0.25, 0.3) is 0 Å². The normalized spacial score (nSPS) is 9.95. The molecule has 0 radical (unpaired) electrons. The van der Waals surface area contributed by atoms with Crippen LogP contribution < -0.4 is 5.73 Å². The van der Waals surface area contributed by atoms with Crippen LogP contribution in [0, 0.1) is 0 Å². The van der Waals surface area contributed by atoms with Crippen LogP contribution in [0.1, 0.15) is 35.7 Å². The highest BCUT2D eigenvalue weighted by molar-refractivity contribution is 5.92. The fraction of sp³-hybridized carbons (Fsp3) is 0.333. The monoisotopic (exact) mass is 261 g/mol. The van der Waals surface area contributed by atoms with Gasteiger partial charge in [0.2, 0.25) is 5.91 Å². The summed E-state index contributed by atoms with van der Waals surface area (Å²) in [6, 6.07) is 6.89. The molecule has 1 rings (SSSR count). The molecular weight excluding hydrogens is 242 g/mol. The minimum absolute atomic E-state index is 0.325. The highest BCUT2D eigenvalue weighted by Crippen LogP contribution is 2.10. The average Bonchev–Trinajstić information content (AvgIpc) is 2.39. The standard InChI is InChI=1S/C15H19NO3/c1-3-4-9-19-15(18)13-7-5-12(6-8-13)10-11(2)14(16)17/h5-8H,2-4,9-10H2,1H3,(H2,16,17). The number of esters is 1. The van der Waals surface area contributed by atoms with Gasteiger partial charge in [-0.1, -0.05) is 32.1 Å². The summed E-state index contributed by atoms with van der Waals surface area (Å²) in [4.78, 5) is 22.5. The Bertz CT molecular complexity index is 463. The van der Waals surface area contributed by atoms with Crippen molar-refractivity contribution in [1.82, 2.24) is 0 Å². The van der Waals surface area contributed by atoms with E-state index in [1.165, 1.54) is 0 Å². The Hall–Kier alpha value is -2.10. The predicted molar refractivity (Wildman–Crippen MR) is 73.7 cm³/mol. The Morgan fingerprint density at radius 3 is 2.42 bits per heavy atom. The van der Waals surface area contributed by atoms with E-state index in [1.54, 1.807) is 24.3 Å². The van der Waals surface area contributed by atoms with E-state index >= 15 is 0 Å². The molecule has 4 heteroatoms. The smallest absolute Gasteiger partial charge is 0.338 e. The van der Waals surface area contributed by atoms with Crippen molar-refractivity contribution in [1.29, 1.82) is 0 Å². The maximum Gasteiger partial charge on any atom is 0.338 e. The number of ether oxygens (including phenoxy) is 1. The van der Waals surface area contributed by atoms with Crippen LogP contribution in [0.5, 0.6) is 0 Å². The first-order valence-corrected chi connectivity index (χ1v) is 6.28. The second-order valence-corrected chi connectivity index (χ2v) is 4.33. The molecule has 0 bridgehead atoms. The highest BCUT2D eigenvalue weighted by atomic mass is 16.5. The number of carbonyl (C=O) groups excluding carboxylic acids is 2. The molecule has 0 atom stereocenters. The third-order valence-electron chi connectivity index (χ3n) is 2.69. The lowest BCUT2D eigenvalue weighted by Gasteiger charge is -2.05. The minimum Gasteiger partial charge on any atom is -0.462 e. The van der Waals surface area contributed by atoms with E-state index in [2.05, 4.69) is 6.58 Å². The van der Waals surface area contributed by atoms with E-state index in [4.69, 9.17) is 10.5 Å². The molecular formula is C15H19NO3. The average molecular weight is 261 g/mol. The van der Waals surface area contributed by atoms with Gasteiger partial charge in [-0.25, -0.2) is 4.79 Å². The van der Waals surface area contributed by atoms with Gasteiger partial charge < -0.3 is 10.5 Å². The summed E-state index contributed by atoms with van der Waals surface area (Å²) in [5.41, 5.74) is 6.85. The number of amides is 1. The summed E-state index contributed by atoms with van der Waals surface area (Å²) >= 11 is 0. The van der Waals surface area contributed by atoms with Crippen LogP contribution in [0.2, 0.25) is 0 Å². The quantitative estimate of drug-likeness (QED) is 0.465. The second kappa shape index (κ2) is 7.36. The van der Waals surface area contributed by atoms with E-state index in [-0.39, 0.29) is 5.97 Å². The maximum absolute atomic E-state index is 11.6. The van der Waals surface area contributed by atoms with Gasteiger partial charge in [-0.05, 0) is 24.1 Å². The van der Waals surface area contributed by atoms with E-state index < -0.39 is 5.91 Å². The zero-order valence-electron chi connectivity index (χ0n) is 11.1. The molecule has 0 fully saturated rings. The number of primary amides is 1. The van der Waals surface area contributed by atoms with Gasteiger partial charge in [-0.2, -0.15) is 0 Å². The Labute approximate surface area is 113 Å². The van der Waals surface area contributed by atoms with Crippen molar-refractivity contribution < 1.29 is 14.3 Å². The lowest BCUT2D eigenvalue weighted by molar-refractivity contribution is -0.114. The molecule has 0 aliphatic carbocycles. The summed E-state index contributed by atoms with van der Waals surface area (Å²) in [5.74, 6) is -0.836. The van der Waals surface area contributed by atoms with E-state index in [0.29, 0.717) is 24.2 Å². The third kappa shape index (κ3) is 4.95. The first-order valence-electron chi connectivity index (χ1n) is 6.28. The minimum atomic E-state index is -0.511. The van der Waals surface area contributed by atoms with Gasteiger partial charge in [-0.15, -0.1) is 0 Å². The van der Waals surface area contributed by atoms with Crippen molar-refractivity contribution in [3.05, 3.63) is 47.5 Å². The second-order valence-electron chi connectivity index (χ2n) is 4.33. The number of hydrogen-bond acceptors (Lipinski definition) is 3. The van der Waals surface area contributed by atoms with Gasteiger partial charge in [-0.3, -0.25) is 4.79 Å². The van der Waals surface area contributed by atoms with Crippen molar-refractivity contribution >= 4 is 11.9 Å². The van der Waals surface area contributed by atoms with Gasteiger partial charge in [0.05, 0.1) is 12.2 Å². The summed E-state index contributed by atoms with van der Waals surface area (Å²) in [7, 11) is 0. The fourth-order valence-corrected chi connectivity index (χ4v) is 1.48. The van der Waals surface area contributed by atoms with E-state index in [9.17, 15) is 9.59 Å². The zero-order chi connectivity index (χ0) is 14.3. The summed E-state index contributed by atoms with van der Waals surface area (Å²) in [6.45, 7) is 6.07. The summed E-state index contributed by atoms with van der Waals surface area (Å²) in [5, 5.41) is 0. The largest absolute Gasteiger partial charge is 0.462 e. The molecule has 0 heterocycles. The molecule has 102 valence electrons. The predicted octanol–water partition coefficient (Wildman–Crippen LogP) is 2.23. The fourth-order valence-electron chi connectivity index (χ4n) is 1.48. The molecule has 0 spiro atoms.